The van der Waals surface area contributed by atoms with Gasteiger partial charge in [0.05, 0.1) is 12.9 Å². The van der Waals surface area contributed by atoms with Crippen LogP contribution >= 0.6 is 11.3 Å². The van der Waals surface area contributed by atoms with Gasteiger partial charge in [-0.15, -0.1) is 11.3 Å². The summed E-state index contributed by atoms with van der Waals surface area (Å²) in [5, 5.41) is 2.78. The Morgan fingerprint density at radius 2 is 2.46 bits per heavy atom. The van der Waals surface area contributed by atoms with Gasteiger partial charge in [0, 0.05) is 24.0 Å². The molecule has 0 saturated heterocycles. The molecule has 0 aliphatic heterocycles. The van der Waals surface area contributed by atoms with E-state index >= 15 is 0 Å². The number of aromatic nitrogens is 3. The van der Waals surface area contributed by atoms with Gasteiger partial charge in [-0.25, -0.2) is 9.97 Å². The smallest absolute Gasteiger partial charge is 0.166 e. The van der Waals surface area contributed by atoms with Crippen LogP contribution < -0.4 is 0 Å². The molecule has 0 fully saturated rings. The van der Waals surface area contributed by atoms with Crippen LogP contribution in [0, 0.1) is 11.8 Å². The van der Waals surface area contributed by atoms with Gasteiger partial charge >= 0.3 is 0 Å². The summed E-state index contributed by atoms with van der Waals surface area (Å²) in [5.74, 6) is 5.98. The van der Waals surface area contributed by atoms with Gasteiger partial charge in [-0.1, -0.05) is 5.92 Å². The summed E-state index contributed by atoms with van der Waals surface area (Å²) in [6.07, 6.45) is 7.13. The summed E-state index contributed by atoms with van der Waals surface area (Å²) in [4.78, 5) is 7.98. The number of rotatable bonds is 1. The highest BCUT2D eigenvalue weighted by molar-refractivity contribution is 7.10. The van der Waals surface area contributed by atoms with Gasteiger partial charge in [0.15, 0.2) is 5.01 Å². The highest BCUT2D eigenvalue weighted by Crippen LogP contribution is 2.00. The minimum Gasteiger partial charge on any atom is -0.326 e. The SMILES string of the molecule is C(#Cc1nccs1)Cn1ccnc1. The van der Waals surface area contributed by atoms with E-state index in [1.54, 1.807) is 30.1 Å². The molecule has 64 valence electrons. The van der Waals surface area contributed by atoms with E-state index in [9.17, 15) is 0 Å². The third-order valence-electron chi connectivity index (χ3n) is 1.45. The summed E-state index contributed by atoms with van der Waals surface area (Å²) in [6, 6.07) is 0. The number of imidazole rings is 1. The van der Waals surface area contributed by atoms with Crippen molar-refractivity contribution < 1.29 is 0 Å². The molecule has 2 aromatic rings. The molecule has 0 unspecified atom stereocenters. The van der Waals surface area contributed by atoms with Gasteiger partial charge in [-0.2, -0.15) is 0 Å². The zero-order valence-electron chi connectivity index (χ0n) is 6.84. The topological polar surface area (TPSA) is 30.7 Å². The standard InChI is InChI=1S/C9H7N3S/c1(2-9-11-4-7-13-9)5-12-6-3-10-8-12/h3-4,6-8H,5H2. The normalized spacial score (nSPS) is 9.23. The van der Waals surface area contributed by atoms with Gasteiger partial charge in [-0.3, -0.25) is 0 Å². The Balaban J connectivity index is 1.99. The van der Waals surface area contributed by atoms with E-state index in [0.717, 1.165) is 5.01 Å². The van der Waals surface area contributed by atoms with Crippen LogP contribution in [-0.2, 0) is 6.54 Å². The third kappa shape index (κ3) is 2.17. The van der Waals surface area contributed by atoms with E-state index in [0.29, 0.717) is 6.54 Å². The minimum atomic E-state index is 0.666. The Morgan fingerprint density at radius 1 is 1.46 bits per heavy atom. The highest BCUT2D eigenvalue weighted by Gasteiger charge is 1.86. The molecule has 0 bridgehead atoms. The Bertz CT molecular complexity index is 405. The molecule has 3 nitrogen and oxygen atoms in total. The average molecular weight is 189 g/mol. The van der Waals surface area contributed by atoms with Crippen LogP contribution in [-0.4, -0.2) is 14.5 Å². The minimum absolute atomic E-state index is 0.666. The van der Waals surface area contributed by atoms with Crippen molar-refractivity contribution in [2.45, 2.75) is 6.54 Å². The number of hydrogen-bond acceptors (Lipinski definition) is 3. The lowest BCUT2D eigenvalue weighted by Crippen LogP contribution is -1.89. The first-order valence-electron chi connectivity index (χ1n) is 3.79. The van der Waals surface area contributed by atoms with Crippen molar-refractivity contribution in [2.75, 3.05) is 0 Å². The molecule has 0 aliphatic rings. The van der Waals surface area contributed by atoms with Crippen LogP contribution in [0.25, 0.3) is 0 Å². The Kier molecular flexibility index (Phi) is 2.39. The molecule has 13 heavy (non-hydrogen) atoms. The van der Waals surface area contributed by atoms with Gasteiger partial charge < -0.3 is 4.57 Å². The van der Waals surface area contributed by atoms with Crippen molar-refractivity contribution >= 4 is 11.3 Å². The molecule has 2 rings (SSSR count). The van der Waals surface area contributed by atoms with E-state index in [2.05, 4.69) is 21.8 Å². The van der Waals surface area contributed by atoms with Crippen LogP contribution in [0.15, 0.2) is 30.3 Å². The monoisotopic (exact) mass is 189 g/mol. The second kappa shape index (κ2) is 3.87. The molecular weight excluding hydrogens is 182 g/mol. The van der Waals surface area contributed by atoms with Crippen LogP contribution in [0.5, 0.6) is 0 Å². The summed E-state index contributed by atoms with van der Waals surface area (Å²) in [6.45, 7) is 0.666. The molecule has 2 aromatic heterocycles. The predicted molar refractivity (Wildman–Crippen MR) is 51.2 cm³/mol. The van der Waals surface area contributed by atoms with Crippen molar-refractivity contribution in [3.63, 3.8) is 0 Å². The fourth-order valence-electron chi connectivity index (χ4n) is 0.872. The van der Waals surface area contributed by atoms with Gasteiger partial charge in [0.2, 0.25) is 0 Å². The summed E-state index contributed by atoms with van der Waals surface area (Å²) in [7, 11) is 0. The van der Waals surface area contributed by atoms with Crippen LogP contribution in [0.2, 0.25) is 0 Å². The second-order valence-electron chi connectivity index (χ2n) is 2.37. The first-order valence-corrected chi connectivity index (χ1v) is 4.67. The summed E-state index contributed by atoms with van der Waals surface area (Å²) >= 11 is 1.55. The largest absolute Gasteiger partial charge is 0.326 e. The maximum absolute atomic E-state index is 4.06. The Labute approximate surface area is 80.1 Å². The van der Waals surface area contributed by atoms with E-state index < -0.39 is 0 Å². The number of nitrogens with zero attached hydrogens (tertiary/aromatic N) is 3. The van der Waals surface area contributed by atoms with Crippen LogP contribution in [0.4, 0.5) is 0 Å². The molecule has 0 spiro atoms. The molecule has 0 saturated carbocycles. The Hall–Kier alpha value is -1.60. The quantitative estimate of drug-likeness (QED) is 0.635. The zero-order chi connectivity index (χ0) is 8.93. The average Bonchev–Trinajstić information content (AvgIpc) is 2.75. The van der Waals surface area contributed by atoms with Gasteiger partial charge in [0.1, 0.15) is 0 Å². The molecular formula is C9H7N3S. The molecule has 0 atom stereocenters. The van der Waals surface area contributed by atoms with Gasteiger partial charge in [0.25, 0.3) is 0 Å². The molecule has 2 heterocycles. The summed E-state index contributed by atoms with van der Waals surface area (Å²) < 4.78 is 1.92. The molecule has 0 aliphatic carbocycles. The first kappa shape index (κ1) is 8.02. The van der Waals surface area contributed by atoms with Crippen molar-refractivity contribution in [1.82, 2.24) is 14.5 Å². The molecule has 4 heteroatoms. The van der Waals surface area contributed by atoms with E-state index in [1.165, 1.54) is 0 Å². The van der Waals surface area contributed by atoms with E-state index in [1.807, 2.05) is 16.1 Å². The lowest BCUT2D eigenvalue weighted by atomic mass is 10.5. The molecule has 0 aromatic carbocycles. The van der Waals surface area contributed by atoms with Gasteiger partial charge in [-0.05, 0) is 5.92 Å². The van der Waals surface area contributed by atoms with E-state index in [4.69, 9.17) is 0 Å². The van der Waals surface area contributed by atoms with Crippen LogP contribution in [0.1, 0.15) is 5.01 Å². The maximum atomic E-state index is 4.06. The van der Waals surface area contributed by atoms with Crippen molar-refractivity contribution in [2.24, 2.45) is 0 Å². The Morgan fingerprint density at radius 3 is 3.15 bits per heavy atom. The maximum Gasteiger partial charge on any atom is 0.166 e. The zero-order valence-corrected chi connectivity index (χ0v) is 7.66. The molecule has 0 amide bonds. The van der Waals surface area contributed by atoms with Crippen LogP contribution in [0.3, 0.4) is 0 Å². The fraction of sp³-hybridized carbons (Fsp3) is 0.111. The fourth-order valence-corrected chi connectivity index (χ4v) is 1.38. The van der Waals surface area contributed by atoms with E-state index in [-0.39, 0.29) is 0 Å². The number of thiazole rings is 1. The van der Waals surface area contributed by atoms with Crippen molar-refractivity contribution in [3.05, 3.63) is 35.3 Å². The number of hydrogen-bond donors (Lipinski definition) is 0. The lowest BCUT2D eigenvalue weighted by molar-refractivity contribution is 0.840. The second-order valence-corrected chi connectivity index (χ2v) is 3.27. The predicted octanol–water partition coefficient (Wildman–Crippen LogP) is 1.39. The van der Waals surface area contributed by atoms with Crippen molar-refractivity contribution in [3.8, 4) is 11.8 Å². The first-order chi connectivity index (χ1) is 6.45. The highest BCUT2D eigenvalue weighted by atomic mass is 32.1. The molecule has 0 radical (unpaired) electrons. The van der Waals surface area contributed by atoms with Crippen molar-refractivity contribution in [1.29, 1.82) is 0 Å². The summed E-state index contributed by atoms with van der Waals surface area (Å²) in [5.41, 5.74) is 0. The third-order valence-corrected chi connectivity index (χ3v) is 2.14. The lowest BCUT2D eigenvalue weighted by Gasteiger charge is -1.89. The molecule has 0 N–H and O–H groups in total.